The zero-order valence-electron chi connectivity index (χ0n) is 16.6. The Labute approximate surface area is 171 Å². The minimum atomic E-state index is -3.90. The molecule has 1 aromatic rings. The molecule has 1 heterocycles. The topological polar surface area (TPSA) is 131 Å². The Balaban J connectivity index is 2.06. The van der Waals surface area contributed by atoms with Gasteiger partial charge in [-0.3, -0.25) is 15.0 Å². The lowest BCUT2D eigenvalue weighted by molar-refractivity contribution is -0.129. The fourth-order valence-electron chi connectivity index (χ4n) is 2.85. The van der Waals surface area contributed by atoms with Crippen LogP contribution in [-0.4, -0.2) is 57.5 Å². The molecular formula is C19H28N4O5S. The second-order valence-electron chi connectivity index (χ2n) is 7.15. The van der Waals surface area contributed by atoms with Crippen LogP contribution in [0.5, 0.6) is 0 Å². The first-order chi connectivity index (χ1) is 13.7. The number of morpholine rings is 1. The molecule has 0 saturated carbocycles. The molecular weight excluding hydrogens is 396 g/mol. The third kappa shape index (κ3) is 6.93. The van der Waals surface area contributed by atoms with E-state index in [4.69, 9.17) is 10.6 Å². The number of nitrogens with one attached hydrogen (secondary N) is 2. The van der Waals surface area contributed by atoms with E-state index in [2.05, 4.69) is 4.72 Å². The minimum absolute atomic E-state index is 0.0210. The zero-order valence-corrected chi connectivity index (χ0v) is 17.4. The summed E-state index contributed by atoms with van der Waals surface area (Å²) in [5.74, 6) is 4.54. The maximum atomic E-state index is 12.6. The molecule has 1 atom stereocenters. The number of amides is 2. The Hall–Kier alpha value is -2.27. The van der Waals surface area contributed by atoms with Gasteiger partial charge in [0.2, 0.25) is 15.9 Å². The van der Waals surface area contributed by atoms with Gasteiger partial charge in [0.25, 0.3) is 5.91 Å². The van der Waals surface area contributed by atoms with Gasteiger partial charge in [-0.1, -0.05) is 26.0 Å². The molecule has 2 rings (SSSR count). The number of hydrogen-bond acceptors (Lipinski definition) is 6. The van der Waals surface area contributed by atoms with Crippen LogP contribution < -0.4 is 16.0 Å². The lowest BCUT2D eigenvalue weighted by Gasteiger charge is -2.25. The smallest absolute Gasteiger partial charge is 0.252 e. The SMILES string of the molecule is CC(C)C[C@H](NS(=O)(=O)c1ccc(/C=C/C(=O)N2CCOCC2)cc1)C(=O)NN. The van der Waals surface area contributed by atoms with E-state index in [1.165, 1.54) is 18.2 Å². The minimum Gasteiger partial charge on any atom is -0.378 e. The molecule has 10 heteroatoms. The highest BCUT2D eigenvalue weighted by Gasteiger charge is 2.26. The second-order valence-corrected chi connectivity index (χ2v) is 8.87. The van der Waals surface area contributed by atoms with Gasteiger partial charge in [-0.2, -0.15) is 4.72 Å². The molecule has 1 fully saturated rings. The average molecular weight is 425 g/mol. The van der Waals surface area contributed by atoms with Gasteiger partial charge in [0, 0.05) is 19.2 Å². The normalized spacial score (nSPS) is 16.2. The predicted molar refractivity (Wildman–Crippen MR) is 109 cm³/mol. The summed E-state index contributed by atoms with van der Waals surface area (Å²) in [6.45, 7) is 5.92. The number of hydrazine groups is 1. The van der Waals surface area contributed by atoms with Gasteiger partial charge < -0.3 is 9.64 Å². The van der Waals surface area contributed by atoms with Gasteiger partial charge in [0.05, 0.1) is 18.1 Å². The molecule has 29 heavy (non-hydrogen) atoms. The molecule has 1 aliphatic heterocycles. The van der Waals surface area contributed by atoms with Crippen molar-refractivity contribution in [2.24, 2.45) is 11.8 Å². The van der Waals surface area contributed by atoms with Crippen LogP contribution in [0.15, 0.2) is 35.2 Å². The molecule has 0 spiro atoms. The first-order valence-electron chi connectivity index (χ1n) is 9.40. The van der Waals surface area contributed by atoms with Crippen LogP contribution in [0.2, 0.25) is 0 Å². The summed E-state index contributed by atoms with van der Waals surface area (Å²) in [4.78, 5) is 25.7. The summed E-state index contributed by atoms with van der Waals surface area (Å²) >= 11 is 0. The molecule has 9 nitrogen and oxygen atoms in total. The van der Waals surface area contributed by atoms with Gasteiger partial charge >= 0.3 is 0 Å². The van der Waals surface area contributed by atoms with E-state index in [-0.39, 0.29) is 16.7 Å². The summed E-state index contributed by atoms with van der Waals surface area (Å²) in [6, 6.07) is 5.08. The van der Waals surface area contributed by atoms with Crippen LogP contribution in [0.3, 0.4) is 0 Å². The first-order valence-corrected chi connectivity index (χ1v) is 10.9. The standard InChI is InChI=1S/C19H28N4O5S/c1-14(2)13-17(19(25)21-20)22-29(26,27)16-6-3-15(4-7-16)5-8-18(24)23-9-11-28-12-10-23/h3-8,14,17,22H,9-13,20H2,1-2H3,(H,21,25)/b8-5+/t17-/m0/s1. The van der Waals surface area contributed by atoms with E-state index >= 15 is 0 Å². The Kier molecular flexibility index (Phi) is 8.32. The number of carbonyl (C=O) groups is 2. The molecule has 1 aliphatic rings. The monoisotopic (exact) mass is 424 g/mol. The van der Waals surface area contributed by atoms with Crippen LogP contribution in [0.25, 0.3) is 6.08 Å². The maximum Gasteiger partial charge on any atom is 0.252 e. The highest BCUT2D eigenvalue weighted by atomic mass is 32.2. The van der Waals surface area contributed by atoms with Gasteiger partial charge in [0.15, 0.2) is 0 Å². The third-order valence-corrected chi connectivity index (χ3v) is 5.88. The summed E-state index contributed by atoms with van der Waals surface area (Å²) in [5, 5.41) is 0. The van der Waals surface area contributed by atoms with E-state index in [0.29, 0.717) is 38.3 Å². The summed E-state index contributed by atoms with van der Waals surface area (Å²) in [5.41, 5.74) is 2.67. The van der Waals surface area contributed by atoms with Crippen LogP contribution in [-0.2, 0) is 24.3 Å². The maximum absolute atomic E-state index is 12.6. The number of carbonyl (C=O) groups excluding carboxylic acids is 2. The van der Waals surface area contributed by atoms with Gasteiger partial charge in [-0.15, -0.1) is 0 Å². The largest absolute Gasteiger partial charge is 0.378 e. The quantitative estimate of drug-likeness (QED) is 0.237. The van der Waals surface area contributed by atoms with Crippen molar-refractivity contribution in [2.45, 2.75) is 31.2 Å². The van der Waals surface area contributed by atoms with Crippen molar-refractivity contribution >= 4 is 27.9 Å². The van der Waals surface area contributed by atoms with Crippen LogP contribution in [0, 0.1) is 5.92 Å². The molecule has 0 aliphatic carbocycles. The number of ether oxygens (including phenoxy) is 1. The molecule has 0 bridgehead atoms. The highest BCUT2D eigenvalue weighted by molar-refractivity contribution is 7.89. The van der Waals surface area contributed by atoms with Crippen LogP contribution in [0.1, 0.15) is 25.8 Å². The Morgan fingerprint density at radius 1 is 1.21 bits per heavy atom. The first kappa shape index (κ1) is 23.0. The molecule has 160 valence electrons. The highest BCUT2D eigenvalue weighted by Crippen LogP contribution is 2.14. The third-order valence-electron chi connectivity index (χ3n) is 4.39. The number of hydrogen-bond donors (Lipinski definition) is 3. The number of nitrogens with two attached hydrogens (primary N) is 1. The molecule has 0 unspecified atom stereocenters. The summed E-state index contributed by atoms with van der Waals surface area (Å²) in [6.07, 6.45) is 3.40. The number of benzene rings is 1. The number of nitrogens with zero attached hydrogens (tertiary/aromatic N) is 1. The van der Waals surface area contributed by atoms with Crippen molar-refractivity contribution in [3.05, 3.63) is 35.9 Å². The predicted octanol–water partition coefficient (Wildman–Crippen LogP) is 0.242. The van der Waals surface area contributed by atoms with Crippen molar-refractivity contribution in [2.75, 3.05) is 26.3 Å². The van der Waals surface area contributed by atoms with Crippen molar-refractivity contribution in [1.29, 1.82) is 0 Å². The lowest BCUT2D eigenvalue weighted by Crippen LogP contribution is -2.49. The lowest BCUT2D eigenvalue weighted by atomic mass is 10.0. The van der Waals surface area contributed by atoms with E-state index in [1.54, 1.807) is 23.1 Å². The van der Waals surface area contributed by atoms with Gasteiger partial charge in [0.1, 0.15) is 6.04 Å². The van der Waals surface area contributed by atoms with E-state index < -0.39 is 22.0 Å². The molecule has 4 N–H and O–H groups in total. The van der Waals surface area contributed by atoms with Gasteiger partial charge in [-0.25, -0.2) is 14.3 Å². The van der Waals surface area contributed by atoms with Crippen molar-refractivity contribution < 1.29 is 22.7 Å². The van der Waals surface area contributed by atoms with Crippen LogP contribution >= 0.6 is 0 Å². The second kappa shape index (κ2) is 10.5. The van der Waals surface area contributed by atoms with E-state index in [0.717, 1.165) is 0 Å². The molecule has 1 aromatic carbocycles. The molecule has 0 radical (unpaired) electrons. The van der Waals surface area contributed by atoms with Crippen molar-refractivity contribution in [3.8, 4) is 0 Å². The van der Waals surface area contributed by atoms with E-state index in [1.807, 2.05) is 19.3 Å². The molecule has 1 saturated heterocycles. The van der Waals surface area contributed by atoms with Gasteiger partial charge in [-0.05, 0) is 36.1 Å². The van der Waals surface area contributed by atoms with Crippen LogP contribution in [0.4, 0.5) is 0 Å². The fraction of sp³-hybridized carbons (Fsp3) is 0.474. The summed E-state index contributed by atoms with van der Waals surface area (Å²) in [7, 11) is -3.90. The number of rotatable bonds is 8. The fourth-order valence-corrected chi connectivity index (χ4v) is 4.06. The number of sulfonamides is 1. The Morgan fingerprint density at radius 3 is 2.38 bits per heavy atom. The Morgan fingerprint density at radius 2 is 1.83 bits per heavy atom. The molecule has 2 amide bonds. The van der Waals surface area contributed by atoms with E-state index in [9.17, 15) is 18.0 Å². The zero-order chi connectivity index (χ0) is 21.4. The van der Waals surface area contributed by atoms with Crippen molar-refractivity contribution in [3.63, 3.8) is 0 Å². The average Bonchev–Trinajstić information content (AvgIpc) is 2.71. The molecule has 0 aromatic heterocycles. The summed E-state index contributed by atoms with van der Waals surface area (Å²) < 4.78 is 32.8. The van der Waals surface area contributed by atoms with Crippen molar-refractivity contribution in [1.82, 2.24) is 15.0 Å². The Bertz CT molecular complexity index is 831.